The van der Waals surface area contributed by atoms with E-state index < -0.39 is 10.0 Å². The molecule has 0 spiro atoms. The summed E-state index contributed by atoms with van der Waals surface area (Å²) in [5.74, 6) is 0. The van der Waals surface area contributed by atoms with Crippen LogP contribution in [0.1, 0.15) is 11.3 Å². The van der Waals surface area contributed by atoms with Crippen LogP contribution in [0.2, 0.25) is 5.02 Å². The summed E-state index contributed by atoms with van der Waals surface area (Å²) in [6, 6.07) is 9.66. The Morgan fingerprint density at radius 1 is 1.21 bits per heavy atom. The first-order valence-electron chi connectivity index (χ1n) is 5.47. The van der Waals surface area contributed by atoms with Crippen molar-refractivity contribution in [3.05, 3.63) is 58.9 Å². The lowest BCUT2D eigenvalue weighted by atomic mass is 10.2. The summed E-state index contributed by atoms with van der Waals surface area (Å²) in [5.41, 5.74) is 1.36. The van der Waals surface area contributed by atoms with Crippen molar-refractivity contribution >= 4 is 27.8 Å². The van der Waals surface area contributed by atoms with Crippen molar-refractivity contribution in [2.24, 2.45) is 4.40 Å². The van der Waals surface area contributed by atoms with E-state index in [1.165, 1.54) is 18.3 Å². The molecule has 1 heterocycles. The zero-order valence-electron chi connectivity index (χ0n) is 10.1. The van der Waals surface area contributed by atoms with Crippen molar-refractivity contribution in [2.75, 3.05) is 0 Å². The quantitative estimate of drug-likeness (QED) is 0.818. The lowest BCUT2D eigenvalue weighted by molar-refractivity contribution is 0.598. The highest BCUT2D eigenvalue weighted by atomic mass is 35.5. The fraction of sp³-hybridized carbons (Fsp3) is 0.0769. The van der Waals surface area contributed by atoms with E-state index in [4.69, 9.17) is 11.6 Å². The summed E-state index contributed by atoms with van der Waals surface area (Å²) >= 11 is 5.86. The van der Waals surface area contributed by atoms with Gasteiger partial charge in [0.1, 0.15) is 4.90 Å². The third kappa shape index (κ3) is 3.19. The molecule has 1 aromatic carbocycles. The predicted molar refractivity (Wildman–Crippen MR) is 75.2 cm³/mol. The van der Waals surface area contributed by atoms with Gasteiger partial charge in [-0.05, 0) is 25.1 Å². The number of aryl methyl sites for hydroxylation is 1. The largest absolute Gasteiger partial charge is 0.283 e. The standard InChI is InChI=1S/C13H11ClN2O2S/c1-10-11(5-4-8-15-10)9-16-19(17,18)13-7-3-2-6-12(13)14/h2-9H,1H3/b16-9+. The van der Waals surface area contributed by atoms with Gasteiger partial charge in [0.05, 0.1) is 5.02 Å². The van der Waals surface area contributed by atoms with Gasteiger partial charge < -0.3 is 0 Å². The first-order chi connectivity index (χ1) is 9.00. The summed E-state index contributed by atoms with van der Waals surface area (Å²) in [6.07, 6.45) is 2.91. The Morgan fingerprint density at radius 3 is 2.63 bits per heavy atom. The molecule has 0 aliphatic rings. The highest BCUT2D eigenvalue weighted by molar-refractivity contribution is 7.90. The van der Waals surface area contributed by atoms with Gasteiger partial charge in [0, 0.05) is 23.7 Å². The average Bonchev–Trinajstić information content (AvgIpc) is 2.38. The fourth-order valence-corrected chi connectivity index (χ4v) is 2.83. The number of pyridine rings is 1. The second-order valence-corrected chi connectivity index (χ2v) is 5.83. The maximum absolute atomic E-state index is 12.0. The molecule has 0 saturated heterocycles. The molecular weight excluding hydrogens is 284 g/mol. The number of halogens is 1. The molecule has 19 heavy (non-hydrogen) atoms. The van der Waals surface area contributed by atoms with Gasteiger partial charge in [0.2, 0.25) is 0 Å². The van der Waals surface area contributed by atoms with E-state index >= 15 is 0 Å². The smallest absolute Gasteiger partial charge is 0.261 e. The van der Waals surface area contributed by atoms with Crippen LogP contribution in [0.15, 0.2) is 51.9 Å². The molecule has 0 N–H and O–H groups in total. The second-order valence-electron chi connectivity index (χ2n) is 3.82. The van der Waals surface area contributed by atoms with Crippen molar-refractivity contribution in [1.29, 1.82) is 0 Å². The lowest BCUT2D eigenvalue weighted by Crippen LogP contribution is -1.99. The van der Waals surface area contributed by atoms with Crippen molar-refractivity contribution in [3.8, 4) is 0 Å². The zero-order chi connectivity index (χ0) is 13.9. The van der Waals surface area contributed by atoms with Crippen LogP contribution < -0.4 is 0 Å². The minimum atomic E-state index is -3.80. The van der Waals surface area contributed by atoms with Gasteiger partial charge in [-0.15, -0.1) is 0 Å². The van der Waals surface area contributed by atoms with Crippen LogP contribution in [0, 0.1) is 6.92 Å². The molecule has 0 unspecified atom stereocenters. The molecule has 0 amide bonds. The van der Waals surface area contributed by atoms with E-state index in [1.807, 2.05) is 0 Å². The number of nitrogens with zero attached hydrogens (tertiary/aromatic N) is 2. The lowest BCUT2D eigenvalue weighted by Gasteiger charge is -2.01. The Bertz CT molecular complexity index is 727. The van der Waals surface area contributed by atoms with Gasteiger partial charge in [-0.1, -0.05) is 29.8 Å². The van der Waals surface area contributed by atoms with Gasteiger partial charge >= 0.3 is 0 Å². The van der Waals surface area contributed by atoms with Gasteiger partial charge in [-0.2, -0.15) is 12.8 Å². The van der Waals surface area contributed by atoms with Crippen molar-refractivity contribution in [2.45, 2.75) is 11.8 Å². The van der Waals surface area contributed by atoms with Gasteiger partial charge in [0.15, 0.2) is 0 Å². The predicted octanol–water partition coefficient (Wildman–Crippen LogP) is 2.85. The molecule has 0 saturated carbocycles. The molecule has 4 nitrogen and oxygen atoms in total. The maximum Gasteiger partial charge on any atom is 0.283 e. The topological polar surface area (TPSA) is 59.4 Å². The Labute approximate surface area is 116 Å². The van der Waals surface area contributed by atoms with Crippen molar-refractivity contribution < 1.29 is 8.42 Å². The van der Waals surface area contributed by atoms with Crippen molar-refractivity contribution in [1.82, 2.24) is 4.98 Å². The number of rotatable bonds is 3. The third-order valence-electron chi connectivity index (χ3n) is 2.49. The van der Waals surface area contributed by atoms with E-state index in [9.17, 15) is 8.42 Å². The van der Waals surface area contributed by atoms with Gasteiger partial charge in [0.25, 0.3) is 10.0 Å². The molecule has 6 heteroatoms. The van der Waals surface area contributed by atoms with E-state index in [-0.39, 0.29) is 9.92 Å². The molecule has 0 radical (unpaired) electrons. The molecule has 98 valence electrons. The Balaban J connectivity index is 2.38. The van der Waals surface area contributed by atoms with E-state index in [1.54, 1.807) is 37.4 Å². The SMILES string of the molecule is Cc1ncccc1/C=N/S(=O)(=O)c1ccccc1Cl. The second kappa shape index (κ2) is 5.50. The van der Waals surface area contributed by atoms with Crippen LogP contribution in [0.4, 0.5) is 0 Å². The number of aromatic nitrogens is 1. The van der Waals surface area contributed by atoms with Gasteiger partial charge in [-0.25, -0.2) is 0 Å². The number of hydrogen-bond acceptors (Lipinski definition) is 3. The number of sulfonamides is 1. The van der Waals surface area contributed by atoms with Crippen LogP contribution in [-0.4, -0.2) is 19.6 Å². The molecule has 0 bridgehead atoms. The molecule has 0 aliphatic carbocycles. The minimum absolute atomic E-state index is 0.00513. The van der Waals surface area contributed by atoms with Crippen LogP contribution >= 0.6 is 11.6 Å². The van der Waals surface area contributed by atoms with Crippen molar-refractivity contribution in [3.63, 3.8) is 0 Å². The average molecular weight is 295 g/mol. The first kappa shape index (κ1) is 13.7. The molecular formula is C13H11ClN2O2S. The van der Waals surface area contributed by atoms with Crippen LogP contribution in [0.3, 0.4) is 0 Å². The minimum Gasteiger partial charge on any atom is -0.261 e. The van der Waals surface area contributed by atoms with E-state index in [0.29, 0.717) is 11.3 Å². The first-order valence-corrected chi connectivity index (χ1v) is 7.29. The fourth-order valence-electron chi connectivity index (χ4n) is 1.47. The summed E-state index contributed by atoms with van der Waals surface area (Å²) in [5, 5.41) is 0.155. The molecule has 0 fully saturated rings. The highest BCUT2D eigenvalue weighted by Crippen LogP contribution is 2.22. The van der Waals surface area contributed by atoms with Crippen LogP contribution in [0.5, 0.6) is 0 Å². The Kier molecular flexibility index (Phi) is 3.97. The van der Waals surface area contributed by atoms with Crippen LogP contribution in [-0.2, 0) is 10.0 Å². The normalized spacial score (nSPS) is 11.9. The van der Waals surface area contributed by atoms with Crippen LogP contribution in [0.25, 0.3) is 0 Å². The molecule has 0 atom stereocenters. The molecule has 2 aromatic rings. The van der Waals surface area contributed by atoms with Gasteiger partial charge in [-0.3, -0.25) is 4.98 Å². The summed E-state index contributed by atoms with van der Waals surface area (Å²) in [6.45, 7) is 1.78. The van der Waals surface area contributed by atoms with E-state index in [2.05, 4.69) is 9.38 Å². The molecule has 0 aliphatic heterocycles. The molecule has 1 aromatic heterocycles. The summed E-state index contributed by atoms with van der Waals surface area (Å²) in [4.78, 5) is 4.05. The Hall–Kier alpha value is -1.72. The monoisotopic (exact) mass is 294 g/mol. The summed E-state index contributed by atoms with van der Waals surface area (Å²) < 4.78 is 27.7. The third-order valence-corrected chi connectivity index (χ3v) is 4.23. The zero-order valence-corrected chi connectivity index (χ0v) is 11.7. The van der Waals surface area contributed by atoms with E-state index in [0.717, 1.165) is 0 Å². The number of benzene rings is 1. The number of hydrogen-bond donors (Lipinski definition) is 0. The maximum atomic E-state index is 12.0. The summed E-state index contributed by atoms with van der Waals surface area (Å²) in [7, 11) is -3.80. The highest BCUT2D eigenvalue weighted by Gasteiger charge is 2.15. The Morgan fingerprint density at radius 2 is 1.95 bits per heavy atom. The molecule has 2 rings (SSSR count).